The molecule has 1 saturated heterocycles. The minimum absolute atomic E-state index is 0.113. The first-order chi connectivity index (χ1) is 8.95. The normalized spacial score (nSPS) is 20.2. The summed E-state index contributed by atoms with van der Waals surface area (Å²) in [7, 11) is 1.61. The lowest BCUT2D eigenvalue weighted by Gasteiger charge is -2.17. The summed E-state index contributed by atoms with van der Waals surface area (Å²) in [5.41, 5.74) is 0. The SMILES string of the molecule is C=CCOCC(NC(=O)C1CC(=O)N(C)C1)C(=O)O. The number of hydrogen-bond acceptors (Lipinski definition) is 4. The van der Waals surface area contributed by atoms with E-state index < -0.39 is 23.8 Å². The van der Waals surface area contributed by atoms with Crippen molar-refractivity contribution in [1.29, 1.82) is 0 Å². The van der Waals surface area contributed by atoms with Crippen LogP contribution in [0.4, 0.5) is 0 Å². The number of hydrogen-bond donors (Lipinski definition) is 2. The molecule has 19 heavy (non-hydrogen) atoms. The maximum atomic E-state index is 11.9. The van der Waals surface area contributed by atoms with Crippen LogP contribution in [0.2, 0.25) is 0 Å². The van der Waals surface area contributed by atoms with Gasteiger partial charge in [-0.25, -0.2) is 4.79 Å². The Morgan fingerprint density at radius 1 is 1.68 bits per heavy atom. The Balaban J connectivity index is 2.49. The van der Waals surface area contributed by atoms with E-state index in [2.05, 4.69) is 11.9 Å². The van der Waals surface area contributed by atoms with Gasteiger partial charge in [0, 0.05) is 20.0 Å². The lowest BCUT2D eigenvalue weighted by atomic mass is 10.1. The summed E-state index contributed by atoms with van der Waals surface area (Å²) >= 11 is 0. The summed E-state index contributed by atoms with van der Waals surface area (Å²) in [6.07, 6.45) is 1.60. The molecular weight excluding hydrogens is 252 g/mol. The van der Waals surface area contributed by atoms with Crippen molar-refractivity contribution in [3.8, 4) is 0 Å². The molecule has 2 N–H and O–H groups in total. The van der Waals surface area contributed by atoms with Gasteiger partial charge < -0.3 is 20.1 Å². The number of carboxylic acids is 1. The van der Waals surface area contributed by atoms with Crippen molar-refractivity contribution in [2.45, 2.75) is 12.5 Å². The molecule has 0 aliphatic carbocycles. The molecule has 1 rings (SSSR count). The predicted octanol–water partition coefficient (Wildman–Crippen LogP) is -0.763. The molecule has 0 radical (unpaired) electrons. The Morgan fingerprint density at radius 2 is 2.37 bits per heavy atom. The van der Waals surface area contributed by atoms with Gasteiger partial charge in [0.05, 0.1) is 19.1 Å². The molecule has 2 unspecified atom stereocenters. The highest BCUT2D eigenvalue weighted by molar-refractivity contribution is 5.91. The first-order valence-corrected chi connectivity index (χ1v) is 5.91. The summed E-state index contributed by atoms with van der Waals surface area (Å²) in [6.45, 7) is 3.83. The first kappa shape index (κ1) is 15.2. The van der Waals surface area contributed by atoms with Gasteiger partial charge in [-0.2, -0.15) is 0 Å². The van der Waals surface area contributed by atoms with Gasteiger partial charge in [0.25, 0.3) is 0 Å². The molecule has 0 saturated carbocycles. The first-order valence-electron chi connectivity index (χ1n) is 5.91. The van der Waals surface area contributed by atoms with Gasteiger partial charge in [-0.3, -0.25) is 9.59 Å². The van der Waals surface area contributed by atoms with Gasteiger partial charge in [0.15, 0.2) is 6.04 Å². The topological polar surface area (TPSA) is 95.9 Å². The zero-order valence-electron chi connectivity index (χ0n) is 10.8. The third-order valence-corrected chi connectivity index (χ3v) is 2.85. The second-order valence-corrected chi connectivity index (χ2v) is 4.40. The van der Waals surface area contributed by atoms with Crippen molar-refractivity contribution < 1.29 is 24.2 Å². The number of likely N-dealkylation sites (tertiary alicyclic amines) is 1. The van der Waals surface area contributed by atoms with Gasteiger partial charge in [0.2, 0.25) is 11.8 Å². The third-order valence-electron chi connectivity index (χ3n) is 2.85. The Labute approximate surface area is 111 Å². The Morgan fingerprint density at radius 3 is 2.84 bits per heavy atom. The van der Waals surface area contributed by atoms with E-state index in [9.17, 15) is 14.4 Å². The van der Waals surface area contributed by atoms with Crippen LogP contribution in [0.5, 0.6) is 0 Å². The molecule has 1 aliphatic heterocycles. The highest BCUT2D eigenvalue weighted by Gasteiger charge is 2.34. The summed E-state index contributed by atoms with van der Waals surface area (Å²) in [6, 6.07) is -1.12. The number of ether oxygens (including phenoxy) is 1. The quantitative estimate of drug-likeness (QED) is 0.468. The van der Waals surface area contributed by atoms with Gasteiger partial charge in [-0.05, 0) is 0 Å². The van der Waals surface area contributed by atoms with Crippen LogP contribution in [0, 0.1) is 5.92 Å². The Bertz CT molecular complexity index is 382. The number of rotatable bonds is 7. The number of nitrogens with zero attached hydrogens (tertiary/aromatic N) is 1. The molecule has 0 bridgehead atoms. The van der Waals surface area contributed by atoms with E-state index in [1.807, 2.05) is 0 Å². The molecule has 2 atom stereocenters. The van der Waals surface area contributed by atoms with Crippen LogP contribution in [0.15, 0.2) is 12.7 Å². The number of carbonyl (C=O) groups is 3. The number of carboxylic acid groups (broad SMARTS) is 1. The molecule has 1 aliphatic rings. The fraction of sp³-hybridized carbons (Fsp3) is 0.583. The highest BCUT2D eigenvalue weighted by atomic mass is 16.5. The maximum absolute atomic E-state index is 11.9. The minimum Gasteiger partial charge on any atom is -0.480 e. The summed E-state index contributed by atoms with van der Waals surface area (Å²) < 4.78 is 5.02. The van der Waals surface area contributed by atoms with Gasteiger partial charge in [0.1, 0.15) is 0 Å². The van der Waals surface area contributed by atoms with Crippen LogP contribution in [-0.4, -0.2) is 60.6 Å². The second-order valence-electron chi connectivity index (χ2n) is 4.40. The van der Waals surface area contributed by atoms with Crippen LogP contribution in [0.25, 0.3) is 0 Å². The van der Waals surface area contributed by atoms with Gasteiger partial charge in [-0.15, -0.1) is 6.58 Å². The van der Waals surface area contributed by atoms with Crippen LogP contribution in [0.3, 0.4) is 0 Å². The smallest absolute Gasteiger partial charge is 0.328 e. The van der Waals surface area contributed by atoms with Gasteiger partial charge >= 0.3 is 5.97 Å². The number of amides is 2. The van der Waals surface area contributed by atoms with Crippen molar-refractivity contribution in [2.75, 3.05) is 26.8 Å². The minimum atomic E-state index is -1.17. The summed E-state index contributed by atoms with van der Waals surface area (Å²) in [5, 5.41) is 11.4. The molecule has 1 heterocycles. The summed E-state index contributed by atoms with van der Waals surface area (Å²) in [4.78, 5) is 35.6. The Hall–Kier alpha value is -1.89. The molecule has 0 aromatic carbocycles. The lowest BCUT2D eigenvalue weighted by Crippen LogP contribution is -2.46. The fourth-order valence-electron chi connectivity index (χ4n) is 1.77. The second kappa shape index (κ2) is 6.89. The van der Waals surface area contributed by atoms with Crippen molar-refractivity contribution in [3.63, 3.8) is 0 Å². The van der Waals surface area contributed by atoms with E-state index in [1.165, 1.54) is 11.0 Å². The van der Waals surface area contributed by atoms with E-state index in [-0.39, 0.29) is 25.5 Å². The van der Waals surface area contributed by atoms with Crippen LogP contribution in [0.1, 0.15) is 6.42 Å². The van der Waals surface area contributed by atoms with Crippen LogP contribution >= 0.6 is 0 Å². The molecular formula is C12H18N2O5. The molecule has 7 nitrogen and oxygen atoms in total. The standard InChI is InChI=1S/C12H18N2O5/c1-3-4-19-7-9(12(17)18)13-11(16)8-5-10(15)14(2)6-8/h3,8-9H,1,4-7H2,2H3,(H,13,16)(H,17,18). The molecule has 2 amide bonds. The monoisotopic (exact) mass is 270 g/mol. The molecule has 106 valence electrons. The van der Waals surface area contributed by atoms with E-state index in [1.54, 1.807) is 7.05 Å². The van der Waals surface area contributed by atoms with Crippen LogP contribution < -0.4 is 5.32 Å². The van der Waals surface area contributed by atoms with Crippen molar-refractivity contribution >= 4 is 17.8 Å². The summed E-state index contributed by atoms with van der Waals surface area (Å²) in [5.74, 6) is -2.23. The molecule has 0 spiro atoms. The Kier molecular flexibility index (Phi) is 5.50. The maximum Gasteiger partial charge on any atom is 0.328 e. The average Bonchev–Trinajstić information content (AvgIpc) is 2.68. The zero-order valence-corrected chi connectivity index (χ0v) is 10.8. The highest BCUT2D eigenvalue weighted by Crippen LogP contribution is 2.16. The van der Waals surface area contributed by atoms with Crippen molar-refractivity contribution in [1.82, 2.24) is 10.2 Å². The molecule has 7 heteroatoms. The lowest BCUT2D eigenvalue weighted by molar-refractivity contribution is -0.144. The van der Waals surface area contributed by atoms with E-state index in [4.69, 9.17) is 9.84 Å². The molecule has 0 aromatic rings. The number of carbonyl (C=O) groups excluding carboxylic acids is 2. The van der Waals surface area contributed by atoms with E-state index in [0.717, 1.165) is 0 Å². The van der Waals surface area contributed by atoms with Crippen molar-refractivity contribution in [2.24, 2.45) is 5.92 Å². The van der Waals surface area contributed by atoms with Crippen LogP contribution in [-0.2, 0) is 19.1 Å². The van der Waals surface area contributed by atoms with E-state index >= 15 is 0 Å². The largest absolute Gasteiger partial charge is 0.480 e. The molecule has 0 aromatic heterocycles. The number of nitrogens with one attached hydrogen (secondary N) is 1. The van der Waals surface area contributed by atoms with E-state index in [0.29, 0.717) is 6.54 Å². The third kappa shape index (κ3) is 4.36. The predicted molar refractivity (Wildman–Crippen MR) is 66.3 cm³/mol. The fourth-order valence-corrected chi connectivity index (χ4v) is 1.77. The van der Waals surface area contributed by atoms with Gasteiger partial charge in [-0.1, -0.05) is 6.08 Å². The number of aliphatic carboxylic acids is 1. The molecule has 1 fully saturated rings. The van der Waals surface area contributed by atoms with Crippen molar-refractivity contribution in [3.05, 3.63) is 12.7 Å². The average molecular weight is 270 g/mol. The zero-order chi connectivity index (χ0) is 14.4.